The number of fused-ring (bicyclic) bond motifs is 1. The van der Waals surface area contributed by atoms with Crippen molar-refractivity contribution in [2.45, 2.75) is 64.5 Å². The fraction of sp³-hybridized carbons (Fsp3) is 0.938. The summed E-state index contributed by atoms with van der Waals surface area (Å²) >= 11 is 0. The topological polar surface area (TPSA) is 32.3 Å². The minimum absolute atomic E-state index is 0.0405. The van der Waals surface area contributed by atoms with Crippen molar-refractivity contribution >= 4 is 5.91 Å². The van der Waals surface area contributed by atoms with Crippen molar-refractivity contribution in [2.24, 2.45) is 17.3 Å². The van der Waals surface area contributed by atoms with Gasteiger partial charge in [-0.3, -0.25) is 4.79 Å². The van der Waals surface area contributed by atoms with Gasteiger partial charge in [0.15, 0.2) is 0 Å². The summed E-state index contributed by atoms with van der Waals surface area (Å²) in [6, 6.07) is 0.558. The molecule has 0 bridgehead atoms. The Bertz CT molecular complexity index is 366. The molecule has 108 valence electrons. The number of carbonyl (C=O) groups is 1. The van der Waals surface area contributed by atoms with E-state index in [4.69, 9.17) is 0 Å². The van der Waals surface area contributed by atoms with E-state index in [9.17, 15) is 4.79 Å². The van der Waals surface area contributed by atoms with Crippen LogP contribution in [0, 0.1) is 17.3 Å². The van der Waals surface area contributed by atoms with E-state index in [1.165, 1.54) is 25.7 Å². The number of hydrogen-bond acceptors (Lipinski definition) is 2. The van der Waals surface area contributed by atoms with E-state index in [2.05, 4.69) is 24.1 Å². The van der Waals surface area contributed by atoms with Gasteiger partial charge in [0.25, 0.3) is 0 Å². The first-order valence-corrected chi connectivity index (χ1v) is 7.98. The van der Waals surface area contributed by atoms with Crippen molar-refractivity contribution in [1.82, 2.24) is 10.2 Å². The second-order valence-electron chi connectivity index (χ2n) is 7.73. The number of nitrogens with zero attached hydrogens (tertiary/aromatic N) is 1. The van der Waals surface area contributed by atoms with Gasteiger partial charge in [0.05, 0.1) is 6.04 Å². The maximum absolute atomic E-state index is 12.7. The number of rotatable bonds is 2. The van der Waals surface area contributed by atoms with Gasteiger partial charge in [0, 0.05) is 12.6 Å². The van der Waals surface area contributed by atoms with Gasteiger partial charge in [-0.25, -0.2) is 0 Å². The van der Waals surface area contributed by atoms with E-state index in [0.29, 0.717) is 11.9 Å². The number of nitrogens with one attached hydrogen (secondary N) is 1. The van der Waals surface area contributed by atoms with Gasteiger partial charge in [-0.15, -0.1) is 0 Å². The number of amides is 1. The normalized spacial score (nSPS) is 41.6. The molecule has 1 aliphatic heterocycles. The molecular weight excluding hydrogens is 236 g/mol. The molecule has 3 rings (SSSR count). The maximum atomic E-state index is 12.7. The van der Waals surface area contributed by atoms with Crippen LogP contribution in [0.2, 0.25) is 0 Å². The van der Waals surface area contributed by atoms with Crippen molar-refractivity contribution in [1.29, 1.82) is 0 Å². The lowest BCUT2D eigenvalue weighted by Crippen LogP contribution is -2.50. The standard InChI is InChI=1S/C16H28N2O/c1-16(2)7-6-14(17-3)15(19)18(10-16)13-5-4-11-8-12(11)9-13/h11-14,17H,4-10H2,1-3H3. The molecule has 4 atom stereocenters. The highest BCUT2D eigenvalue weighted by Gasteiger charge is 2.46. The third-order valence-corrected chi connectivity index (χ3v) is 5.59. The molecule has 4 unspecified atom stereocenters. The fourth-order valence-electron chi connectivity index (χ4n) is 4.16. The third-order valence-electron chi connectivity index (χ3n) is 5.59. The highest BCUT2D eigenvalue weighted by Crippen LogP contribution is 2.51. The van der Waals surface area contributed by atoms with Crippen LogP contribution in [0.3, 0.4) is 0 Å². The van der Waals surface area contributed by atoms with E-state index in [1.807, 2.05) is 7.05 Å². The molecule has 2 saturated carbocycles. The number of likely N-dealkylation sites (tertiary alicyclic amines) is 1. The average Bonchev–Trinajstić information content (AvgIpc) is 3.14. The molecule has 1 saturated heterocycles. The van der Waals surface area contributed by atoms with Crippen LogP contribution in [0.4, 0.5) is 0 Å². The summed E-state index contributed by atoms with van der Waals surface area (Å²) in [7, 11) is 1.93. The molecule has 0 radical (unpaired) electrons. The van der Waals surface area contributed by atoms with E-state index in [0.717, 1.165) is 31.2 Å². The third kappa shape index (κ3) is 2.67. The van der Waals surface area contributed by atoms with E-state index in [-0.39, 0.29) is 11.5 Å². The van der Waals surface area contributed by atoms with Gasteiger partial charge < -0.3 is 10.2 Å². The molecule has 3 aliphatic rings. The molecule has 0 aromatic heterocycles. The largest absolute Gasteiger partial charge is 0.338 e. The Morgan fingerprint density at radius 2 is 1.95 bits per heavy atom. The molecule has 0 aromatic rings. The maximum Gasteiger partial charge on any atom is 0.239 e. The summed E-state index contributed by atoms with van der Waals surface area (Å²) in [5.74, 6) is 2.30. The van der Waals surface area contributed by atoms with Gasteiger partial charge in [0.1, 0.15) is 0 Å². The number of hydrogen-bond donors (Lipinski definition) is 1. The van der Waals surface area contributed by atoms with Crippen molar-refractivity contribution in [2.75, 3.05) is 13.6 Å². The monoisotopic (exact) mass is 264 g/mol. The average molecular weight is 264 g/mol. The van der Waals surface area contributed by atoms with Gasteiger partial charge in [-0.1, -0.05) is 13.8 Å². The van der Waals surface area contributed by atoms with Crippen molar-refractivity contribution < 1.29 is 4.79 Å². The van der Waals surface area contributed by atoms with Crippen molar-refractivity contribution in [3.05, 3.63) is 0 Å². The van der Waals surface area contributed by atoms with Crippen LogP contribution >= 0.6 is 0 Å². The number of carbonyl (C=O) groups excluding carboxylic acids is 1. The highest BCUT2D eigenvalue weighted by molar-refractivity contribution is 5.82. The SMILES string of the molecule is CNC1CCC(C)(C)CN(C2CCC3CC3C2)C1=O. The second kappa shape index (κ2) is 4.76. The van der Waals surface area contributed by atoms with Crippen molar-refractivity contribution in [3.8, 4) is 0 Å². The zero-order valence-electron chi connectivity index (χ0n) is 12.6. The predicted molar refractivity (Wildman–Crippen MR) is 76.8 cm³/mol. The zero-order valence-corrected chi connectivity index (χ0v) is 12.6. The van der Waals surface area contributed by atoms with Crippen LogP contribution in [0.5, 0.6) is 0 Å². The Hall–Kier alpha value is -0.570. The van der Waals surface area contributed by atoms with Crippen LogP contribution in [-0.2, 0) is 4.79 Å². The Kier molecular flexibility index (Phi) is 3.36. The van der Waals surface area contributed by atoms with Crippen LogP contribution in [-0.4, -0.2) is 36.5 Å². The lowest BCUT2D eigenvalue weighted by Gasteiger charge is -2.38. The quantitative estimate of drug-likeness (QED) is 0.830. The van der Waals surface area contributed by atoms with Crippen molar-refractivity contribution in [3.63, 3.8) is 0 Å². The Morgan fingerprint density at radius 1 is 1.16 bits per heavy atom. The Labute approximate surface area is 117 Å². The molecule has 19 heavy (non-hydrogen) atoms. The van der Waals surface area contributed by atoms with Crippen LogP contribution < -0.4 is 5.32 Å². The van der Waals surface area contributed by atoms with Gasteiger partial charge in [-0.2, -0.15) is 0 Å². The van der Waals surface area contributed by atoms with E-state index < -0.39 is 0 Å². The first-order valence-electron chi connectivity index (χ1n) is 7.98. The Balaban J connectivity index is 1.76. The lowest BCUT2D eigenvalue weighted by molar-refractivity contribution is -0.136. The van der Waals surface area contributed by atoms with Gasteiger partial charge >= 0.3 is 0 Å². The summed E-state index contributed by atoms with van der Waals surface area (Å²) in [5.41, 5.74) is 0.266. The predicted octanol–water partition coefficient (Wildman–Crippen LogP) is 2.41. The minimum atomic E-state index is 0.0405. The smallest absolute Gasteiger partial charge is 0.239 e. The fourth-order valence-corrected chi connectivity index (χ4v) is 4.16. The van der Waals surface area contributed by atoms with Gasteiger partial charge in [0.2, 0.25) is 5.91 Å². The lowest BCUT2D eigenvalue weighted by atomic mass is 9.86. The molecular formula is C16H28N2O. The molecule has 1 N–H and O–H groups in total. The first-order chi connectivity index (χ1) is 9.00. The summed E-state index contributed by atoms with van der Waals surface area (Å²) in [6.07, 6.45) is 7.40. The molecule has 0 spiro atoms. The molecule has 2 aliphatic carbocycles. The molecule has 3 heteroatoms. The van der Waals surface area contributed by atoms with Gasteiger partial charge in [-0.05, 0) is 62.8 Å². The summed E-state index contributed by atoms with van der Waals surface area (Å²) in [4.78, 5) is 15.0. The Morgan fingerprint density at radius 3 is 2.63 bits per heavy atom. The summed E-state index contributed by atoms with van der Waals surface area (Å²) < 4.78 is 0. The zero-order chi connectivity index (χ0) is 13.6. The molecule has 0 aromatic carbocycles. The highest BCUT2D eigenvalue weighted by atomic mass is 16.2. The van der Waals surface area contributed by atoms with E-state index in [1.54, 1.807) is 0 Å². The summed E-state index contributed by atoms with van der Waals surface area (Å²) in [5, 5.41) is 3.23. The van der Waals surface area contributed by atoms with Crippen LogP contribution in [0.1, 0.15) is 52.4 Å². The van der Waals surface area contributed by atoms with E-state index >= 15 is 0 Å². The number of likely N-dealkylation sites (N-methyl/N-ethyl adjacent to an activating group) is 1. The minimum Gasteiger partial charge on any atom is -0.338 e. The molecule has 3 fully saturated rings. The second-order valence-corrected chi connectivity index (χ2v) is 7.73. The van der Waals surface area contributed by atoms with Crippen LogP contribution in [0.15, 0.2) is 0 Å². The summed E-state index contributed by atoms with van der Waals surface area (Å²) in [6.45, 7) is 5.58. The first kappa shape index (κ1) is 13.4. The molecule has 1 heterocycles. The molecule has 1 amide bonds. The van der Waals surface area contributed by atoms with Crippen LogP contribution in [0.25, 0.3) is 0 Å². The molecule has 3 nitrogen and oxygen atoms in total.